The van der Waals surface area contributed by atoms with Gasteiger partial charge in [0.05, 0.1) is 5.56 Å². The molecule has 2 N–H and O–H groups in total. The van der Waals surface area contributed by atoms with E-state index in [0.29, 0.717) is 17.0 Å². The van der Waals surface area contributed by atoms with Gasteiger partial charge in [-0.1, -0.05) is 45.0 Å². The molecule has 0 saturated carbocycles. The lowest BCUT2D eigenvalue weighted by atomic mass is 9.87. The zero-order valence-electron chi connectivity index (χ0n) is 21.0. The number of carbonyl (C=O) groups excluding carboxylic acids is 1. The normalized spacial score (nSPS) is 14.6. The molecule has 182 valence electrons. The Labute approximate surface area is 207 Å². The van der Waals surface area contributed by atoms with Crippen molar-refractivity contribution in [2.75, 3.05) is 23.3 Å². The monoisotopic (exact) mass is 470 g/mol. The summed E-state index contributed by atoms with van der Waals surface area (Å²) in [6, 6.07) is 21.6. The first-order valence-corrected chi connectivity index (χ1v) is 12.2. The van der Waals surface area contributed by atoms with Crippen LogP contribution in [0.2, 0.25) is 0 Å². The predicted molar refractivity (Wildman–Crippen MR) is 142 cm³/mol. The van der Waals surface area contributed by atoms with Crippen molar-refractivity contribution in [2.24, 2.45) is 0 Å². The van der Waals surface area contributed by atoms with Crippen LogP contribution in [0.15, 0.2) is 66.7 Å². The molecule has 0 aliphatic carbocycles. The predicted octanol–water partition coefficient (Wildman–Crippen LogP) is 6.63. The van der Waals surface area contributed by atoms with E-state index in [4.69, 9.17) is 0 Å². The van der Waals surface area contributed by atoms with Gasteiger partial charge in [-0.05, 0) is 90.3 Å². The maximum absolute atomic E-state index is 12.8. The highest BCUT2D eigenvalue weighted by Crippen LogP contribution is 2.31. The van der Waals surface area contributed by atoms with Crippen LogP contribution < -0.4 is 10.2 Å². The van der Waals surface area contributed by atoms with E-state index >= 15 is 0 Å². The third-order valence-corrected chi connectivity index (χ3v) is 6.93. The van der Waals surface area contributed by atoms with Gasteiger partial charge in [0.15, 0.2) is 0 Å². The van der Waals surface area contributed by atoms with Crippen LogP contribution in [0.5, 0.6) is 0 Å². The van der Waals surface area contributed by atoms with Crippen LogP contribution in [0.1, 0.15) is 76.9 Å². The average molecular weight is 471 g/mol. The number of carboxylic acids is 1. The van der Waals surface area contributed by atoms with Crippen molar-refractivity contribution in [3.8, 4) is 0 Å². The fourth-order valence-electron chi connectivity index (χ4n) is 4.73. The van der Waals surface area contributed by atoms with E-state index in [1.807, 2.05) is 49.4 Å². The Hall–Kier alpha value is -3.60. The molecule has 1 fully saturated rings. The van der Waals surface area contributed by atoms with Gasteiger partial charge in [-0.15, -0.1) is 0 Å². The van der Waals surface area contributed by atoms with Gasteiger partial charge in [0.1, 0.15) is 0 Å². The molecule has 5 heteroatoms. The first-order valence-electron chi connectivity index (χ1n) is 12.2. The number of hydrogen-bond donors (Lipinski definition) is 2. The SMILES string of the molecule is Cc1cc(N2CCC(c3ccc(C(=O)Nc4cccc(C(C)(C)C)c4)cc3)CC2)ccc1C(=O)O. The number of benzene rings is 3. The lowest BCUT2D eigenvalue weighted by Crippen LogP contribution is -2.33. The van der Waals surface area contributed by atoms with Crippen LogP contribution in [0.3, 0.4) is 0 Å². The second-order valence-electron chi connectivity index (χ2n) is 10.5. The summed E-state index contributed by atoms with van der Waals surface area (Å²) in [5, 5.41) is 12.3. The second kappa shape index (κ2) is 9.95. The molecule has 4 rings (SSSR count). The molecule has 0 aromatic heterocycles. The minimum atomic E-state index is -0.886. The minimum Gasteiger partial charge on any atom is -0.478 e. The molecular weight excluding hydrogens is 436 g/mol. The molecule has 1 amide bonds. The van der Waals surface area contributed by atoms with Crippen LogP contribution in [0, 0.1) is 6.92 Å². The maximum atomic E-state index is 12.8. The maximum Gasteiger partial charge on any atom is 0.335 e. The molecule has 35 heavy (non-hydrogen) atoms. The van der Waals surface area contributed by atoms with Gasteiger partial charge >= 0.3 is 5.97 Å². The summed E-state index contributed by atoms with van der Waals surface area (Å²) in [5.74, 6) is -0.535. The Morgan fingerprint density at radius 3 is 2.23 bits per heavy atom. The number of nitrogens with one attached hydrogen (secondary N) is 1. The highest BCUT2D eigenvalue weighted by molar-refractivity contribution is 6.04. The molecule has 0 unspecified atom stereocenters. The molecule has 0 bridgehead atoms. The molecule has 0 spiro atoms. The van der Waals surface area contributed by atoms with Crippen molar-refractivity contribution >= 4 is 23.3 Å². The second-order valence-corrected chi connectivity index (χ2v) is 10.5. The molecular formula is C30H34N2O3. The van der Waals surface area contributed by atoms with Crippen molar-refractivity contribution in [2.45, 2.75) is 51.9 Å². The van der Waals surface area contributed by atoms with Crippen molar-refractivity contribution < 1.29 is 14.7 Å². The summed E-state index contributed by atoms with van der Waals surface area (Å²) in [4.78, 5) is 26.4. The quantitative estimate of drug-likeness (QED) is 0.439. The number of piperidine rings is 1. The average Bonchev–Trinajstić information content (AvgIpc) is 2.83. The van der Waals surface area contributed by atoms with Crippen molar-refractivity contribution in [1.29, 1.82) is 0 Å². The third kappa shape index (κ3) is 5.73. The molecule has 1 saturated heterocycles. The van der Waals surface area contributed by atoms with Gasteiger partial charge in [0.2, 0.25) is 0 Å². The zero-order valence-corrected chi connectivity index (χ0v) is 21.0. The van der Waals surface area contributed by atoms with E-state index in [9.17, 15) is 14.7 Å². The van der Waals surface area contributed by atoms with Crippen molar-refractivity contribution in [3.05, 3.63) is 94.5 Å². The molecule has 1 heterocycles. The summed E-state index contributed by atoms with van der Waals surface area (Å²) in [6.45, 7) is 10.2. The molecule has 5 nitrogen and oxygen atoms in total. The van der Waals surface area contributed by atoms with Crippen molar-refractivity contribution in [3.63, 3.8) is 0 Å². The number of anilines is 2. The van der Waals surface area contributed by atoms with Crippen LogP contribution in [0.4, 0.5) is 11.4 Å². The summed E-state index contributed by atoms with van der Waals surface area (Å²) in [7, 11) is 0. The highest BCUT2D eigenvalue weighted by atomic mass is 16.4. The molecule has 1 aliphatic heterocycles. The Bertz CT molecular complexity index is 1220. The van der Waals surface area contributed by atoms with Crippen LogP contribution in [-0.2, 0) is 5.41 Å². The number of hydrogen-bond acceptors (Lipinski definition) is 3. The molecule has 0 atom stereocenters. The number of aromatic carboxylic acids is 1. The molecule has 3 aromatic rings. The number of rotatable bonds is 5. The highest BCUT2D eigenvalue weighted by Gasteiger charge is 2.22. The molecule has 3 aromatic carbocycles. The number of amides is 1. The summed E-state index contributed by atoms with van der Waals surface area (Å²) in [5.41, 5.74) is 6.16. The Morgan fingerprint density at radius 1 is 0.943 bits per heavy atom. The summed E-state index contributed by atoms with van der Waals surface area (Å²) < 4.78 is 0. The van der Waals surface area contributed by atoms with Crippen LogP contribution >= 0.6 is 0 Å². The van der Waals surface area contributed by atoms with Gasteiger partial charge in [0.25, 0.3) is 5.91 Å². The fourth-order valence-corrected chi connectivity index (χ4v) is 4.73. The van der Waals surface area contributed by atoms with Crippen LogP contribution in [-0.4, -0.2) is 30.1 Å². The minimum absolute atomic E-state index is 0.0265. The first-order chi connectivity index (χ1) is 16.6. The van der Waals surface area contributed by atoms with Gasteiger partial charge in [-0.3, -0.25) is 4.79 Å². The lowest BCUT2D eigenvalue weighted by Gasteiger charge is -2.34. The largest absolute Gasteiger partial charge is 0.478 e. The van der Waals surface area contributed by atoms with E-state index < -0.39 is 5.97 Å². The summed E-state index contributed by atoms with van der Waals surface area (Å²) >= 11 is 0. The Morgan fingerprint density at radius 2 is 1.63 bits per heavy atom. The van der Waals surface area contributed by atoms with Gasteiger partial charge in [-0.2, -0.15) is 0 Å². The smallest absolute Gasteiger partial charge is 0.335 e. The molecule has 1 aliphatic rings. The standard InChI is InChI=1S/C30H34N2O3/c1-20-18-26(12-13-27(20)29(34)35)32-16-14-22(15-17-32)21-8-10-23(11-9-21)28(33)31-25-7-5-6-24(19-25)30(2,3)4/h5-13,18-19,22H,14-17H2,1-4H3,(H,31,33)(H,34,35). The third-order valence-electron chi connectivity index (χ3n) is 6.93. The number of carbonyl (C=O) groups is 2. The van der Waals surface area contributed by atoms with Gasteiger partial charge in [-0.25, -0.2) is 4.79 Å². The Balaban J connectivity index is 1.36. The van der Waals surface area contributed by atoms with E-state index in [1.165, 1.54) is 11.1 Å². The van der Waals surface area contributed by atoms with Gasteiger partial charge < -0.3 is 15.3 Å². The summed E-state index contributed by atoms with van der Waals surface area (Å²) in [6.07, 6.45) is 2.04. The van der Waals surface area contributed by atoms with E-state index in [-0.39, 0.29) is 11.3 Å². The van der Waals surface area contributed by atoms with E-state index in [2.05, 4.69) is 49.2 Å². The number of nitrogens with zero attached hydrogens (tertiary/aromatic N) is 1. The van der Waals surface area contributed by atoms with Gasteiger partial charge in [0, 0.05) is 30.0 Å². The molecule has 0 radical (unpaired) electrons. The Kier molecular flexibility index (Phi) is 6.97. The van der Waals surface area contributed by atoms with E-state index in [0.717, 1.165) is 42.9 Å². The fraction of sp³-hybridized carbons (Fsp3) is 0.333. The first kappa shape index (κ1) is 24.5. The zero-order chi connectivity index (χ0) is 25.2. The lowest BCUT2D eigenvalue weighted by molar-refractivity contribution is 0.0696. The topological polar surface area (TPSA) is 69.6 Å². The number of aryl methyl sites for hydroxylation is 1. The number of carboxylic acid groups (broad SMARTS) is 1. The van der Waals surface area contributed by atoms with Crippen LogP contribution in [0.25, 0.3) is 0 Å². The van der Waals surface area contributed by atoms with Crippen molar-refractivity contribution in [1.82, 2.24) is 0 Å². The van der Waals surface area contributed by atoms with E-state index in [1.54, 1.807) is 6.07 Å².